The molecule has 1 heterocycles. The first kappa shape index (κ1) is 10.2. The molecular weight excluding hydrogens is 184 g/mol. The summed E-state index contributed by atoms with van der Waals surface area (Å²) in [6.45, 7) is 7.60. The predicted molar refractivity (Wildman–Crippen MR) is 64.6 cm³/mol. The fourth-order valence-corrected chi connectivity index (χ4v) is 2.15. The van der Waals surface area contributed by atoms with E-state index in [0.717, 1.165) is 6.54 Å². The zero-order valence-corrected chi connectivity index (χ0v) is 9.62. The fraction of sp³-hybridized carbons (Fsp3) is 0.462. The van der Waals surface area contributed by atoms with Gasteiger partial charge in [0.05, 0.1) is 12.4 Å². The fourth-order valence-electron chi connectivity index (χ4n) is 2.15. The Morgan fingerprint density at radius 3 is 2.87 bits per heavy atom. The Morgan fingerprint density at radius 2 is 2.20 bits per heavy atom. The lowest BCUT2D eigenvalue weighted by Gasteiger charge is -2.19. The van der Waals surface area contributed by atoms with Gasteiger partial charge in [-0.1, -0.05) is 25.1 Å². The van der Waals surface area contributed by atoms with Crippen LogP contribution < -0.4 is 5.32 Å². The molecular formula is C13H18N2. The molecule has 0 aliphatic carbocycles. The van der Waals surface area contributed by atoms with E-state index in [-0.39, 0.29) is 0 Å². The largest absolute Gasteiger partial charge is 0.374 e. The number of nitrogens with one attached hydrogen (secondary N) is 1. The highest BCUT2D eigenvalue weighted by atomic mass is 15.0. The highest BCUT2D eigenvalue weighted by molar-refractivity contribution is 5.57. The zero-order valence-electron chi connectivity index (χ0n) is 9.62. The molecule has 2 rings (SSSR count). The average Bonchev–Trinajstić information content (AvgIpc) is 2.74. The van der Waals surface area contributed by atoms with E-state index in [1.165, 1.54) is 16.7 Å². The summed E-state index contributed by atoms with van der Waals surface area (Å²) in [5, 5.41) is 3.17. The van der Waals surface area contributed by atoms with Crippen LogP contribution in [0.5, 0.6) is 0 Å². The molecule has 0 saturated carbocycles. The Balaban J connectivity index is 2.28. The van der Waals surface area contributed by atoms with Crippen LogP contribution in [-0.2, 0) is 0 Å². The third-order valence-electron chi connectivity index (χ3n) is 3.40. The number of benzene rings is 1. The molecule has 1 aliphatic heterocycles. The summed E-state index contributed by atoms with van der Waals surface area (Å²) in [5.41, 5.74) is 4.21. The van der Waals surface area contributed by atoms with Crippen LogP contribution in [0.3, 0.4) is 0 Å². The minimum atomic E-state index is 0.394. The van der Waals surface area contributed by atoms with E-state index in [9.17, 15) is 0 Å². The molecule has 0 radical (unpaired) electrons. The lowest BCUT2D eigenvalue weighted by molar-refractivity contribution is 0.585. The van der Waals surface area contributed by atoms with Crippen molar-refractivity contribution in [2.24, 2.45) is 4.99 Å². The number of aryl methyl sites for hydroxylation is 1. The van der Waals surface area contributed by atoms with Crippen LogP contribution in [0.15, 0.2) is 23.2 Å². The van der Waals surface area contributed by atoms with E-state index in [1.54, 1.807) is 0 Å². The number of nitrogens with zero attached hydrogens (tertiary/aromatic N) is 1. The second-order valence-electron chi connectivity index (χ2n) is 4.33. The van der Waals surface area contributed by atoms with Crippen molar-refractivity contribution in [3.63, 3.8) is 0 Å². The number of rotatable bonds is 2. The Kier molecular flexibility index (Phi) is 2.76. The Bertz CT molecular complexity index is 382. The predicted octanol–water partition coefficient (Wildman–Crippen LogP) is 2.41. The van der Waals surface area contributed by atoms with Gasteiger partial charge < -0.3 is 5.32 Å². The molecule has 15 heavy (non-hydrogen) atoms. The van der Waals surface area contributed by atoms with E-state index in [2.05, 4.69) is 49.3 Å². The molecule has 0 amide bonds. The van der Waals surface area contributed by atoms with Crippen LogP contribution in [-0.4, -0.2) is 18.9 Å². The SMILES string of the molecule is Cc1cccc([C@H](C)C2CNC=N2)c1C. The first-order valence-electron chi connectivity index (χ1n) is 5.51. The molecule has 0 bridgehead atoms. The van der Waals surface area contributed by atoms with Crippen molar-refractivity contribution in [2.75, 3.05) is 6.54 Å². The van der Waals surface area contributed by atoms with Crippen molar-refractivity contribution in [1.29, 1.82) is 0 Å². The summed E-state index contributed by atoms with van der Waals surface area (Å²) < 4.78 is 0. The van der Waals surface area contributed by atoms with Crippen molar-refractivity contribution in [1.82, 2.24) is 5.32 Å². The van der Waals surface area contributed by atoms with Crippen molar-refractivity contribution in [3.05, 3.63) is 34.9 Å². The summed E-state index contributed by atoms with van der Waals surface area (Å²) >= 11 is 0. The second kappa shape index (κ2) is 4.05. The molecule has 0 saturated heterocycles. The van der Waals surface area contributed by atoms with Crippen molar-refractivity contribution >= 4 is 6.34 Å². The average molecular weight is 202 g/mol. The van der Waals surface area contributed by atoms with Gasteiger partial charge in [-0.25, -0.2) is 0 Å². The minimum absolute atomic E-state index is 0.394. The summed E-state index contributed by atoms with van der Waals surface area (Å²) in [4.78, 5) is 4.45. The summed E-state index contributed by atoms with van der Waals surface area (Å²) in [5.74, 6) is 0.496. The van der Waals surface area contributed by atoms with Crippen LogP contribution in [0.2, 0.25) is 0 Å². The van der Waals surface area contributed by atoms with Gasteiger partial charge in [-0.3, -0.25) is 4.99 Å². The van der Waals surface area contributed by atoms with Crippen molar-refractivity contribution in [2.45, 2.75) is 32.7 Å². The monoisotopic (exact) mass is 202 g/mol. The van der Waals surface area contributed by atoms with Gasteiger partial charge in [0.1, 0.15) is 0 Å². The van der Waals surface area contributed by atoms with E-state index in [4.69, 9.17) is 0 Å². The first-order valence-corrected chi connectivity index (χ1v) is 5.51. The van der Waals surface area contributed by atoms with Gasteiger partial charge in [0.15, 0.2) is 0 Å². The molecule has 80 valence electrons. The molecule has 1 aliphatic rings. The van der Waals surface area contributed by atoms with Crippen LogP contribution in [0, 0.1) is 13.8 Å². The van der Waals surface area contributed by atoms with Gasteiger partial charge in [0, 0.05) is 12.5 Å². The third kappa shape index (κ3) is 1.89. The van der Waals surface area contributed by atoms with Crippen molar-refractivity contribution < 1.29 is 0 Å². The number of aliphatic imine (C=N–C) groups is 1. The van der Waals surface area contributed by atoms with Gasteiger partial charge in [-0.15, -0.1) is 0 Å². The van der Waals surface area contributed by atoms with Crippen LogP contribution >= 0.6 is 0 Å². The summed E-state index contributed by atoms with van der Waals surface area (Å²) in [6, 6.07) is 6.92. The maximum absolute atomic E-state index is 4.45. The van der Waals surface area contributed by atoms with E-state index in [1.807, 2.05) is 6.34 Å². The van der Waals surface area contributed by atoms with Gasteiger partial charge in [0.25, 0.3) is 0 Å². The second-order valence-corrected chi connectivity index (χ2v) is 4.33. The molecule has 1 aromatic carbocycles. The zero-order chi connectivity index (χ0) is 10.8. The molecule has 2 atom stereocenters. The maximum Gasteiger partial charge on any atom is 0.0829 e. The van der Waals surface area contributed by atoms with Crippen LogP contribution in [0.25, 0.3) is 0 Å². The topological polar surface area (TPSA) is 24.4 Å². The third-order valence-corrected chi connectivity index (χ3v) is 3.40. The van der Waals surface area contributed by atoms with E-state index in [0.29, 0.717) is 12.0 Å². The molecule has 2 heteroatoms. The molecule has 1 aromatic rings. The molecule has 0 fully saturated rings. The molecule has 0 aromatic heterocycles. The van der Waals surface area contributed by atoms with Crippen molar-refractivity contribution in [3.8, 4) is 0 Å². The highest BCUT2D eigenvalue weighted by Gasteiger charge is 2.21. The van der Waals surface area contributed by atoms with E-state index < -0.39 is 0 Å². The Hall–Kier alpha value is -1.31. The summed E-state index contributed by atoms with van der Waals surface area (Å²) in [6.07, 6.45) is 1.83. The highest BCUT2D eigenvalue weighted by Crippen LogP contribution is 2.26. The number of hydrogen-bond donors (Lipinski definition) is 1. The standard InChI is InChI=1S/C13H18N2/c1-9-5-4-6-12(10(9)2)11(3)13-7-14-8-15-13/h4-6,8,11,13H,7H2,1-3H3,(H,14,15)/t11-,13?/m0/s1. The maximum atomic E-state index is 4.45. The molecule has 0 spiro atoms. The van der Waals surface area contributed by atoms with Gasteiger partial charge in [0.2, 0.25) is 0 Å². The van der Waals surface area contributed by atoms with Gasteiger partial charge in [-0.2, -0.15) is 0 Å². The normalized spacial score (nSPS) is 21.4. The van der Waals surface area contributed by atoms with Crippen LogP contribution in [0.4, 0.5) is 0 Å². The summed E-state index contributed by atoms with van der Waals surface area (Å²) in [7, 11) is 0. The number of hydrogen-bond acceptors (Lipinski definition) is 2. The lowest BCUT2D eigenvalue weighted by Crippen LogP contribution is -2.21. The van der Waals surface area contributed by atoms with Gasteiger partial charge >= 0.3 is 0 Å². The Morgan fingerprint density at radius 1 is 1.40 bits per heavy atom. The molecule has 2 nitrogen and oxygen atoms in total. The van der Waals surface area contributed by atoms with Gasteiger partial charge in [-0.05, 0) is 30.5 Å². The Labute approximate surface area is 91.4 Å². The quantitative estimate of drug-likeness (QED) is 0.782. The molecule has 1 unspecified atom stereocenters. The lowest BCUT2D eigenvalue weighted by atomic mass is 9.89. The first-order chi connectivity index (χ1) is 7.20. The smallest absolute Gasteiger partial charge is 0.0829 e. The van der Waals surface area contributed by atoms with Crippen LogP contribution in [0.1, 0.15) is 29.5 Å². The minimum Gasteiger partial charge on any atom is -0.374 e. The van der Waals surface area contributed by atoms with E-state index >= 15 is 0 Å². The molecule has 1 N–H and O–H groups in total.